The summed E-state index contributed by atoms with van der Waals surface area (Å²) in [5, 5.41) is 2.06. The molecule has 1 heterocycles. The van der Waals surface area contributed by atoms with Gasteiger partial charge in [-0.05, 0) is 11.5 Å². The molecule has 0 unspecified atom stereocenters. The standard InChI is InChI=1S/C15H13NO2/c1-16(2)9-13-14(17)12-8-7-10-5-3-4-6-11(10)15(12)18-13/h3-9H,1-2H3/b13-9-. The highest BCUT2D eigenvalue weighted by atomic mass is 16.5. The molecule has 0 N–H and O–H groups in total. The van der Waals surface area contributed by atoms with Gasteiger partial charge in [0.25, 0.3) is 0 Å². The summed E-state index contributed by atoms with van der Waals surface area (Å²) in [7, 11) is 3.73. The fourth-order valence-electron chi connectivity index (χ4n) is 2.14. The lowest BCUT2D eigenvalue weighted by molar-refractivity contribution is 0.101. The Hall–Kier alpha value is -2.29. The number of nitrogens with zero attached hydrogens (tertiary/aromatic N) is 1. The maximum atomic E-state index is 12.2. The molecule has 0 radical (unpaired) electrons. The fraction of sp³-hybridized carbons (Fsp3) is 0.133. The van der Waals surface area contributed by atoms with E-state index in [1.807, 2.05) is 50.5 Å². The normalized spacial score (nSPS) is 15.9. The predicted octanol–water partition coefficient (Wildman–Crippen LogP) is 2.82. The van der Waals surface area contributed by atoms with E-state index in [4.69, 9.17) is 4.74 Å². The second-order valence-corrected chi connectivity index (χ2v) is 4.55. The van der Waals surface area contributed by atoms with Gasteiger partial charge in [-0.3, -0.25) is 4.79 Å². The summed E-state index contributed by atoms with van der Waals surface area (Å²) < 4.78 is 5.71. The van der Waals surface area contributed by atoms with Gasteiger partial charge in [-0.1, -0.05) is 30.3 Å². The van der Waals surface area contributed by atoms with Gasteiger partial charge in [0.1, 0.15) is 5.75 Å². The molecule has 0 aromatic heterocycles. The van der Waals surface area contributed by atoms with E-state index in [9.17, 15) is 4.79 Å². The molecule has 0 atom stereocenters. The minimum absolute atomic E-state index is 0.0514. The van der Waals surface area contributed by atoms with Gasteiger partial charge in [0.2, 0.25) is 5.78 Å². The molecule has 18 heavy (non-hydrogen) atoms. The molecule has 0 bridgehead atoms. The molecule has 1 aliphatic heterocycles. The number of carbonyl (C=O) groups excluding carboxylic acids is 1. The van der Waals surface area contributed by atoms with Crippen molar-refractivity contribution in [2.75, 3.05) is 14.1 Å². The largest absolute Gasteiger partial charge is 0.450 e. The Bertz CT molecular complexity index is 671. The third kappa shape index (κ3) is 1.56. The molecule has 3 nitrogen and oxygen atoms in total. The van der Waals surface area contributed by atoms with Crippen molar-refractivity contribution in [3.8, 4) is 5.75 Å². The number of ether oxygens (including phenoxy) is 1. The first kappa shape index (κ1) is 10.8. The van der Waals surface area contributed by atoms with Crippen LogP contribution >= 0.6 is 0 Å². The molecular weight excluding hydrogens is 226 g/mol. The Morgan fingerprint density at radius 3 is 2.67 bits per heavy atom. The van der Waals surface area contributed by atoms with Crippen LogP contribution in [0.4, 0.5) is 0 Å². The molecule has 2 aromatic carbocycles. The van der Waals surface area contributed by atoms with E-state index in [1.165, 1.54) is 0 Å². The highest BCUT2D eigenvalue weighted by Crippen LogP contribution is 2.37. The number of fused-ring (bicyclic) bond motifs is 3. The SMILES string of the molecule is CN(C)/C=C1\Oc2c(ccc3ccccc23)C1=O. The summed E-state index contributed by atoms with van der Waals surface area (Å²) in [6, 6.07) is 11.7. The molecule has 0 amide bonds. The van der Waals surface area contributed by atoms with Crippen molar-refractivity contribution in [1.82, 2.24) is 4.90 Å². The number of rotatable bonds is 1. The molecule has 0 aliphatic carbocycles. The Balaban J connectivity index is 2.20. The monoisotopic (exact) mass is 239 g/mol. The summed E-state index contributed by atoms with van der Waals surface area (Å²) in [4.78, 5) is 14.0. The zero-order valence-corrected chi connectivity index (χ0v) is 10.3. The Kier molecular flexibility index (Phi) is 2.33. The van der Waals surface area contributed by atoms with E-state index in [1.54, 1.807) is 11.1 Å². The lowest BCUT2D eigenvalue weighted by atomic mass is 10.0. The van der Waals surface area contributed by atoms with E-state index in [0.29, 0.717) is 17.1 Å². The van der Waals surface area contributed by atoms with Crippen LogP contribution in [0, 0.1) is 0 Å². The number of hydrogen-bond acceptors (Lipinski definition) is 3. The van der Waals surface area contributed by atoms with Crippen molar-refractivity contribution in [2.45, 2.75) is 0 Å². The third-order valence-corrected chi connectivity index (χ3v) is 2.94. The van der Waals surface area contributed by atoms with Gasteiger partial charge in [0.05, 0.1) is 5.56 Å². The highest BCUT2D eigenvalue weighted by Gasteiger charge is 2.28. The van der Waals surface area contributed by atoms with Crippen LogP contribution < -0.4 is 4.74 Å². The summed E-state index contributed by atoms with van der Waals surface area (Å²) in [6.45, 7) is 0. The quantitative estimate of drug-likeness (QED) is 0.717. The first-order valence-electron chi connectivity index (χ1n) is 5.79. The maximum absolute atomic E-state index is 12.2. The molecular formula is C15H13NO2. The van der Waals surface area contributed by atoms with Crippen molar-refractivity contribution in [2.24, 2.45) is 0 Å². The van der Waals surface area contributed by atoms with Crippen LogP contribution in [0.5, 0.6) is 5.75 Å². The maximum Gasteiger partial charge on any atom is 0.233 e. The Morgan fingerprint density at radius 1 is 1.11 bits per heavy atom. The van der Waals surface area contributed by atoms with E-state index in [2.05, 4.69) is 0 Å². The summed E-state index contributed by atoms with van der Waals surface area (Å²) >= 11 is 0. The van der Waals surface area contributed by atoms with E-state index >= 15 is 0 Å². The smallest absolute Gasteiger partial charge is 0.233 e. The van der Waals surface area contributed by atoms with Crippen LogP contribution in [0.25, 0.3) is 10.8 Å². The Morgan fingerprint density at radius 2 is 1.89 bits per heavy atom. The molecule has 2 aromatic rings. The number of carbonyl (C=O) groups is 1. The molecule has 3 heteroatoms. The van der Waals surface area contributed by atoms with Crippen LogP contribution in [0.2, 0.25) is 0 Å². The Labute approximate surface area is 105 Å². The second-order valence-electron chi connectivity index (χ2n) is 4.55. The second kappa shape index (κ2) is 3.88. The third-order valence-electron chi connectivity index (χ3n) is 2.94. The van der Waals surface area contributed by atoms with Crippen LogP contribution in [0.1, 0.15) is 10.4 Å². The molecule has 0 spiro atoms. The van der Waals surface area contributed by atoms with E-state index < -0.39 is 0 Å². The average Bonchev–Trinajstić information content (AvgIpc) is 2.66. The van der Waals surface area contributed by atoms with Gasteiger partial charge in [0, 0.05) is 25.7 Å². The molecule has 0 saturated carbocycles. The van der Waals surface area contributed by atoms with Crippen LogP contribution in [0.3, 0.4) is 0 Å². The molecule has 0 fully saturated rings. The fourth-order valence-corrected chi connectivity index (χ4v) is 2.14. The van der Waals surface area contributed by atoms with Crippen molar-refractivity contribution >= 4 is 16.6 Å². The predicted molar refractivity (Wildman–Crippen MR) is 70.7 cm³/mol. The minimum Gasteiger partial charge on any atom is -0.450 e. The van der Waals surface area contributed by atoms with Gasteiger partial charge in [-0.2, -0.15) is 0 Å². The van der Waals surface area contributed by atoms with Gasteiger partial charge in [-0.25, -0.2) is 0 Å². The van der Waals surface area contributed by atoms with Gasteiger partial charge in [-0.15, -0.1) is 0 Å². The number of hydrogen-bond donors (Lipinski definition) is 0. The molecule has 90 valence electrons. The van der Waals surface area contributed by atoms with Crippen LogP contribution in [0.15, 0.2) is 48.4 Å². The zero-order chi connectivity index (χ0) is 12.7. The first-order valence-corrected chi connectivity index (χ1v) is 5.79. The van der Waals surface area contributed by atoms with Gasteiger partial charge in [0.15, 0.2) is 5.76 Å². The highest BCUT2D eigenvalue weighted by molar-refractivity contribution is 6.15. The van der Waals surface area contributed by atoms with Gasteiger partial charge >= 0.3 is 0 Å². The number of allylic oxidation sites excluding steroid dienone is 1. The van der Waals surface area contributed by atoms with Crippen LogP contribution in [-0.2, 0) is 0 Å². The lowest BCUT2D eigenvalue weighted by Gasteiger charge is -2.06. The van der Waals surface area contributed by atoms with Crippen molar-refractivity contribution in [3.63, 3.8) is 0 Å². The number of ketones is 1. The molecule has 1 aliphatic rings. The molecule has 0 saturated heterocycles. The lowest BCUT2D eigenvalue weighted by Crippen LogP contribution is -2.08. The minimum atomic E-state index is -0.0514. The van der Waals surface area contributed by atoms with Crippen molar-refractivity contribution < 1.29 is 9.53 Å². The summed E-state index contributed by atoms with van der Waals surface area (Å²) in [5.41, 5.74) is 0.641. The zero-order valence-electron chi connectivity index (χ0n) is 10.3. The van der Waals surface area contributed by atoms with Gasteiger partial charge < -0.3 is 9.64 Å². The number of benzene rings is 2. The van der Waals surface area contributed by atoms with Crippen LogP contribution in [-0.4, -0.2) is 24.8 Å². The van der Waals surface area contributed by atoms with Crippen molar-refractivity contribution in [3.05, 3.63) is 53.9 Å². The molecule has 3 rings (SSSR count). The topological polar surface area (TPSA) is 29.5 Å². The van der Waals surface area contributed by atoms with Crippen molar-refractivity contribution in [1.29, 1.82) is 0 Å². The van der Waals surface area contributed by atoms with E-state index in [0.717, 1.165) is 10.8 Å². The average molecular weight is 239 g/mol. The van der Waals surface area contributed by atoms with E-state index in [-0.39, 0.29) is 5.78 Å². The summed E-state index contributed by atoms with van der Waals surface area (Å²) in [5.74, 6) is 1.00. The number of Topliss-reactive ketones (excluding diaryl/α,β-unsaturated/α-hetero) is 1. The summed E-state index contributed by atoms with van der Waals surface area (Å²) in [6.07, 6.45) is 1.71. The first-order chi connectivity index (χ1) is 8.66.